The van der Waals surface area contributed by atoms with E-state index < -0.39 is 24.3 Å². The summed E-state index contributed by atoms with van der Waals surface area (Å²) in [5.74, 6) is -5.77. The number of nitrogens with one attached hydrogen (secondary N) is 2. The number of amidine groups is 2. The van der Waals surface area contributed by atoms with Crippen molar-refractivity contribution in [3.63, 3.8) is 0 Å². The Bertz CT molecular complexity index is 1160. The second-order valence-electron chi connectivity index (χ2n) is 7.77. The third-order valence-corrected chi connectivity index (χ3v) is 4.84. The number of carbonyl (C=O) groups is 3. The lowest BCUT2D eigenvalue weighted by molar-refractivity contribution is -0.193. The van der Waals surface area contributed by atoms with E-state index in [1.54, 1.807) is 6.07 Å². The first-order valence-electron chi connectivity index (χ1n) is 10.8. The van der Waals surface area contributed by atoms with Crippen molar-refractivity contribution in [2.45, 2.75) is 37.5 Å². The van der Waals surface area contributed by atoms with Crippen molar-refractivity contribution in [1.29, 1.82) is 10.8 Å². The van der Waals surface area contributed by atoms with Gasteiger partial charge in [-0.2, -0.15) is 26.3 Å². The number of hydrogen-bond acceptors (Lipinski definition) is 6. The number of rotatable bonds is 8. The van der Waals surface area contributed by atoms with Gasteiger partial charge in [-0.3, -0.25) is 15.6 Å². The number of halogens is 6. The van der Waals surface area contributed by atoms with Crippen LogP contribution in [0.5, 0.6) is 0 Å². The highest BCUT2D eigenvalue weighted by molar-refractivity contribution is 5.95. The van der Waals surface area contributed by atoms with E-state index >= 15 is 0 Å². The smallest absolute Gasteiger partial charge is 0.475 e. The number of carboxylic acid groups (broad SMARTS) is 2. The number of hydrogen-bond donors (Lipinski definition) is 6. The number of carbonyl (C=O) groups excluding carboxylic acids is 1. The van der Waals surface area contributed by atoms with E-state index in [1.165, 1.54) is 7.11 Å². The molecule has 0 heterocycles. The number of aliphatic carboxylic acids is 2. The summed E-state index contributed by atoms with van der Waals surface area (Å²) < 4.78 is 68.3. The first-order valence-corrected chi connectivity index (χ1v) is 10.8. The number of aryl methyl sites for hydroxylation is 1. The van der Waals surface area contributed by atoms with Crippen molar-refractivity contribution in [2.75, 3.05) is 7.11 Å². The van der Waals surface area contributed by atoms with Crippen molar-refractivity contribution < 1.29 is 55.7 Å². The Kier molecular flexibility index (Phi) is 13.9. The van der Waals surface area contributed by atoms with Crippen LogP contribution in [0.2, 0.25) is 0 Å². The summed E-state index contributed by atoms with van der Waals surface area (Å²) in [5, 5.41) is 29.3. The van der Waals surface area contributed by atoms with Gasteiger partial charge in [0.25, 0.3) is 0 Å². The quantitative estimate of drug-likeness (QED) is 0.117. The number of methoxy groups -OCH3 is 1. The predicted molar refractivity (Wildman–Crippen MR) is 130 cm³/mol. The third kappa shape index (κ3) is 13.8. The minimum Gasteiger partial charge on any atom is -0.475 e. The first kappa shape index (κ1) is 35.4. The Labute approximate surface area is 223 Å². The van der Waals surface area contributed by atoms with Crippen LogP contribution in [0.15, 0.2) is 48.5 Å². The highest BCUT2D eigenvalue weighted by Crippen LogP contribution is 2.27. The molecule has 0 aliphatic carbocycles. The van der Waals surface area contributed by atoms with E-state index in [9.17, 15) is 31.1 Å². The lowest BCUT2D eigenvalue weighted by Gasteiger charge is -2.17. The van der Waals surface area contributed by atoms with Crippen molar-refractivity contribution >= 4 is 29.6 Å². The van der Waals surface area contributed by atoms with Crippen LogP contribution in [0.1, 0.15) is 41.0 Å². The zero-order chi connectivity index (χ0) is 31.3. The van der Waals surface area contributed by atoms with Crippen LogP contribution in [0.25, 0.3) is 0 Å². The summed E-state index contributed by atoms with van der Waals surface area (Å²) >= 11 is 0. The second-order valence-corrected chi connectivity index (χ2v) is 7.77. The number of alkyl halides is 6. The lowest BCUT2D eigenvalue weighted by Crippen LogP contribution is -2.21. The van der Waals surface area contributed by atoms with Crippen LogP contribution in [0.4, 0.5) is 26.3 Å². The molecule has 2 rings (SSSR count). The molecular formula is C24H26F6N4O6. The van der Waals surface area contributed by atoms with E-state index in [0.29, 0.717) is 11.1 Å². The molecule has 0 bridgehead atoms. The minimum atomic E-state index is -5.08. The van der Waals surface area contributed by atoms with Crippen LogP contribution in [-0.4, -0.2) is 59.3 Å². The summed E-state index contributed by atoms with van der Waals surface area (Å²) in [6.07, 6.45) is -8.39. The van der Waals surface area contributed by atoms with Gasteiger partial charge in [0, 0.05) is 11.1 Å². The molecule has 0 radical (unpaired) electrons. The highest BCUT2D eigenvalue weighted by Gasteiger charge is 2.38. The Balaban J connectivity index is 0.000000894. The van der Waals surface area contributed by atoms with E-state index in [-0.39, 0.29) is 30.0 Å². The molecule has 8 N–H and O–H groups in total. The molecule has 0 aliphatic heterocycles. The molecule has 40 heavy (non-hydrogen) atoms. The molecule has 0 aliphatic rings. The van der Waals surface area contributed by atoms with Gasteiger partial charge in [0.2, 0.25) is 0 Å². The van der Waals surface area contributed by atoms with Gasteiger partial charge in [-0.15, -0.1) is 0 Å². The van der Waals surface area contributed by atoms with Crippen LogP contribution in [0, 0.1) is 10.8 Å². The van der Waals surface area contributed by atoms with Crippen molar-refractivity contribution in [2.24, 2.45) is 11.5 Å². The number of benzene rings is 2. The van der Waals surface area contributed by atoms with Crippen molar-refractivity contribution in [3.8, 4) is 0 Å². The average molecular weight is 580 g/mol. The number of ether oxygens (including phenoxy) is 1. The molecule has 0 spiro atoms. The van der Waals surface area contributed by atoms with E-state index in [2.05, 4.69) is 0 Å². The van der Waals surface area contributed by atoms with E-state index in [4.69, 9.17) is 46.8 Å². The molecule has 0 fully saturated rings. The highest BCUT2D eigenvalue weighted by atomic mass is 19.4. The molecule has 0 saturated carbocycles. The van der Waals surface area contributed by atoms with Crippen LogP contribution >= 0.6 is 0 Å². The molecule has 1 atom stereocenters. The number of nitrogens with two attached hydrogens (primary N) is 2. The van der Waals surface area contributed by atoms with E-state index in [1.807, 2.05) is 42.5 Å². The van der Waals surface area contributed by atoms with Gasteiger partial charge in [-0.05, 0) is 36.0 Å². The summed E-state index contributed by atoms with van der Waals surface area (Å²) in [6.45, 7) is 0. The standard InChI is InChI=1S/C20H24N4O2.2C2HF3O2/c1-26-18(25)12-16(15-3-2-4-17(11-15)20(23)24)10-7-13-5-8-14(9-6-13)19(21)22;2*3-2(4,5)1(6)7/h2-6,8-9,11,16H,7,10,12H2,1H3,(H3,21,22)(H3,23,24);2*(H,6,7). The van der Waals surface area contributed by atoms with E-state index in [0.717, 1.165) is 24.0 Å². The van der Waals surface area contributed by atoms with Gasteiger partial charge in [-0.25, -0.2) is 9.59 Å². The van der Waals surface area contributed by atoms with Crippen LogP contribution < -0.4 is 11.5 Å². The molecule has 0 saturated heterocycles. The van der Waals surface area contributed by atoms with Gasteiger partial charge < -0.3 is 26.4 Å². The first-order chi connectivity index (χ1) is 18.3. The number of esters is 1. The minimum absolute atomic E-state index is 0.00323. The molecule has 220 valence electrons. The molecule has 0 aromatic heterocycles. The number of carboxylic acids is 2. The zero-order valence-corrected chi connectivity index (χ0v) is 20.8. The summed E-state index contributed by atoms with van der Waals surface area (Å²) in [4.78, 5) is 29.6. The Hall–Kier alpha value is -4.63. The van der Waals surface area contributed by atoms with Gasteiger partial charge >= 0.3 is 30.3 Å². The molecule has 10 nitrogen and oxygen atoms in total. The fraction of sp³-hybridized carbons (Fsp3) is 0.292. The average Bonchev–Trinajstić information content (AvgIpc) is 2.86. The largest absolute Gasteiger partial charge is 0.490 e. The zero-order valence-electron chi connectivity index (χ0n) is 20.8. The fourth-order valence-electron chi connectivity index (χ4n) is 2.82. The normalized spacial score (nSPS) is 11.5. The van der Waals surface area contributed by atoms with Gasteiger partial charge in [0.1, 0.15) is 11.7 Å². The lowest BCUT2D eigenvalue weighted by atomic mass is 9.88. The van der Waals surface area contributed by atoms with Crippen LogP contribution in [0.3, 0.4) is 0 Å². The monoisotopic (exact) mass is 580 g/mol. The summed E-state index contributed by atoms with van der Waals surface area (Å²) in [5.41, 5.74) is 14.4. The Morgan fingerprint density at radius 2 is 1.30 bits per heavy atom. The molecular weight excluding hydrogens is 554 g/mol. The second kappa shape index (κ2) is 15.7. The number of nitrogen functional groups attached to an aromatic ring is 2. The molecule has 2 aromatic rings. The Morgan fingerprint density at radius 1 is 0.850 bits per heavy atom. The van der Waals surface area contributed by atoms with Crippen molar-refractivity contribution in [1.82, 2.24) is 0 Å². The summed E-state index contributed by atoms with van der Waals surface area (Å²) in [7, 11) is 1.38. The SMILES string of the molecule is COC(=O)CC(CCc1ccc(C(=N)N)cc1)c1cccc(C(=N)N)c1.O=C(O)C(F)(F)F.O=C(O)C(F)(F)F. The summed E-state index contributed by atoms with van der Waals surface area (Å²) in [6, 6.07) is 15.0. The van der Waals surface area contributed by atoms with Gasteiger partial charge in [0.05, 0.1) is 13.5 Å². The van der Waals surface area contributed by atoms with Crippen LogP contribution in [-0.2, 0) is 25.5 Å². The topological polar surface area (TPSA) is 201 Å². The molecule has 2 aromatic carbocycles. The molecule has 16 heteroatoms. The van der Waals surface area contributed by atoms with Gasteiger partial charge in [0.15, 0.2) is 0 Å². The fourth-order valence-corrected chi connectivity index (χ4v) is 2.82. The predicted octanol–water partition coefficient (Wildman–Crippen LogP) is 3.80. The van der Waals surface area contributed by atoms with Gasteiger partial charge in [-0.1, -0.05) is 42.5 Å². The Morgan fingerprint density at radius 3 is 1.68 bits per heavy atom. The maximum Gasteiger partial charge on any atom is 0.490 e. The maximum atomic E-state index is 11.8. The third-order valence-electron chi connectivity index (χ3n) is 4.84. The molecule has 0 amide bonds. The van der Waals surface area contributed by atoms with Crippen molar-refractivity contribution in [3.05, 3.63) is 70.8 Å². The maximum absolute atomic E-state index is 11.8. The molecule has 1 unspecified atom stereocenters.